The van der Waals surface area contributed by atoms with Crippen molar-refractivity contribution in [2.24, 2.45) is 0 Å². The first kappa shape index (κ1) is 14.0. The van der Waals surface area contributed by atoms with Crippen molar-refractivity contribution in [3.8, 4) is 0 Å². The van der Waals surface area contributed by atoms with E-state index in [9.17, 15) is 10.1 Å². The smallest absolute Gasteiger partial charge is 0.269 e. The Labute approximate surface area is 113 Å². The molecule has 2 rings (SSSR count). The van der Waals surface area contributed by atoms with Gasteiger partial charge in [0, 0.05) is 23.7 Å². The molecule has 0 amide bonds. The topological polar surface area (TPSA) is 67.2 Å². The number of nitrogens with zero attached hydrogens (tertiary/aromatic N) is 1. The zero-order valence-electron chi connectivity index (χ0n) is 11.5. The zero-order valence-corrected chi connectivity index (χ0v) is 11.5. The number of nitro benzene ring substituents is 1. The van der Waals surface area contributed by atoms with Gasteiger partial charge in [0.25, 0.3) is 5.69 Å². The second kappa shape index (κ2) is 5.67. The predicted molar refractivity (Wildman–Crippen MR) is 75.3 cm³/mol. The molecule has 1 fully saturated rings. The molecule has 104 valence electrons. The van der Waals surface area contributed by atoms with Crippen LogP contribution in [0.3, 0.4) is 0 Å². The maximum Gasteiger partial charge on any atom is 0.269 e. The Morgan fingerprint density at radius 1 is 1.42 bits per heavy atom. The zero-order chi connectivity index (χ0) is 13.9. The molecule has 1 heterocycles. The molecule has 19 heavy (non-hydrogen) atoms. The molecule has 0 aromatic heterocycles. The highest BCUT2D eigenvalue weighted by atomic mass is 16.6. The van der Waals surface area contributed by atoms with E-state index in [1.807, 2.05) is 12.1 Å². The fraction of sp³-hybridized carbons (Fsp3) is 0.571. The molecule has 5 nitrogen and oxygen atoms in total. The van der Waals surface area contributed by atoms with Crippen LogP contribution in [0.1, 0.15) is 25.8 Å². The van der Waals surface area contributed by atoms with Crippen molar-refractivity contribution in [1.82, 2.24) is 10.6 Å². The maximum atomic E-state index is 10.6. The molecular formula is C14H21N3O2. The Hall–Kier alpha value is -1.46. The highest BCUT2D eigenvalue weighted by Crippen LogP contribution is 2.18. The molecule has 1 aromatic carbocycles. The lowest BCUT2D eigenvalue weighted by molar-refractivity contribution is -0.384. The summed E-state index contributed by atoms with van der Waals surface area (Å²) in [5.41, 5.74) is 1.43. The molecule has 0 aliphatic carbocycles. The molecule has 1 aliphatic heterocycles. The Kier molecular flexibility index (Phi) is 4.17. The summed E-state index contributed by atoms with van der Waals surface area (Å²) >= 11 is 0. The minimum Gasteiger partial charge on any atom is -0.312 e. The van der Waals surface area contributed by atoms with Gasteiger partial charge in [0.1, 0.15) is 0 Å². The van der Waals surface area contributed by atoms with Crippen LogP contribution in [-0.2, 0) is 6.42 Å². The lowest BCUT2D eigenvalue weighted by atomic mass is 9.97. The number of hydrogen-bond acceptors (Lipinski definition) is 4. The van der Waals surface area contributed by atoms with Crippen LogP contribution in [0.15, 0.2) is 24.3 Å². The minimum atomic E-state index is -0.366. The monoisotopic (exact) mass is 263 g/mol. The van der Waals surface area contributed by atoms with E-state index in [-0.39, 0.29) is 16.1 Å². The second-order valence-electron chi connectivity index (χ2n) is 5.62. The predicted octanol–water partition coefficient (Wildman–Crippen LogP) is 1.87. The standard InChI is InChI=1S/C14H21N3O2/c1-14(2)13(8-10-16-14)15-9-7-11-3-5-12(6-4-11)17(18)19/h3-6,13,15-16H,7-10H2,1-2H3. The van der Waals surface area contributed by atoms with Crippen LogP contribution in [0.2, 0.25) is 0 Å². The lowest BCUT2D eigenvalue weighted by Gasteiger charge is -2.28. The van der Waals surface area contributed by atoms with E-state index in [0.29, 0.717) is 6.04 Å². The largest absolute Gasteiger partial charge is 0.312 e. The first-order chi connectivity index (χ1) is 8.99. The molecule has 1 aliphatic rings. The van der Waals surface area contributed by atoms with Gasteiger partial charge in [-0.15, -0.1) is 0 Å². The van der Waals surface area contributed by atoms with Gasteiger partial charge in [0.05, 0.1) is 4.92 Å². The van der Waals surface area contributed by atoms with Crippen molar-refractivity contribution < 1.29 is 4.92 Å². The average molecular weight is 263 g/mol. The third-order valence-corrected chi connectivity index (χ3v) is 3.84. The van der Waals surface area contributed by atoms with Gasteiger partial charge in [0.15, 0.2) is 0 Å². The number of nitro groups is 1. The quantitative estimate of drug-likeness (QED) is 0.628. The third kappa shape index (κ3) is 3.52. The van der Waals surface area contributed by atoms with Crippen molar-refractivity contribution in [3.63, 3.8) is 0 Å². The van der Waals surface area contributed by atoms with E-state index in [4.69, 9.17) is 0 Å². The highest BCUT2D eigenvalue weighted by molar-refractivity contribution is 5.32. The molecule has 0 saturated carbocycles. The van der Waals surface area contributed by atoms with Gasteiger partial charge >= 0.3 is 0 Å². The molecule has 1 saturated heterocycles. The van der Waals surface area contributed by atoms with Gasteiger partial charge in [-0.1, -0.05) is 12.1 Å². The minimum absolute atomic E-state index is 0.148. The lowest BCUT2D eigenvalue weighted by Crippen LogP contribution is -2.49. The molecule has 5 heteroatoms. The average Bonchev–Trinajstić information content (AvgIpc) is 2.69. The van der Waals surface area contributed by atoms with Crippen molar-refractivity contribution in [2.75, 3.05) is 13.1 Å². The van der Waals surface area contributed by atoms with E-state index in [1.165, 1.54) is 0 Å². The van der Waals surface area contributed by atoms with Crippen LogP contribution in [0.5, 0.6) is 0 Å². The molecule has 2 N–H and O–H groups in total. The van der Waals surface area contributed by atoms with Crippen molar-refractivity contribution in [3.05, 3.63) is 39.9 Å². The Balaban J connectivity index is 1.81. The van der Waals surface area contributed by atoms with E-state index in [2.05, 4.69) is 24.5 Å². The number of benzene rings is 1. The van der Waals surface area contributed by atoms with Crippen molar-refractivity contribution >= 4 is 5.69 Å². The van der Waals surface area contributed by atoms with E-state index >= 15 is 0 Å². The third-order valence-electron chi connectivity index (χ3n) is 3.84. The van der Waals surface area contributed by atoms with Gasteiger partial charge in [-0.2, -0.15) is 0 Å². The molecular weight excluding hydrogens is 242 g/mol. The van der Waals surface area contributed by atoms with E-state index in [0.717, 1.165) is 31.5 Å². The summed E-state index contributed by atoms with van der Waals surface area (Å²) in [6.07, 6.45) is 2.04. The molecule has 1 aromatic rings. The van der Waals surface area contributed by atoms with Crippen molar-refractivity contribution in [2.45, 2.75) is 38.3 Å². The Morgan fingerprint density at radius 3 is 2.63 bits per heavy atom. The van der Waals surface area contributed by atoms with Crippen LogP contribution < -0.4 is 10.6 Å². The van der Waals surface area contributed by atoms with E-state index < -0.39 is 0 Å². The van der Waals surface area contributed by atoms with Crippen molar-refractivity contribution in [1.29, 1.82) is 0 Å². The normalized spacial score (nSPS) is 21.5. The molecule has 0 bridgehead atoms. The van der Waals surface area contributed by atoms with E-state index in [1.54, 1.807) is 12.1 Å². The summed E-state index contributed by atoms with van der Waals surface area (Å²) in [5, 5.41) is 17.6. The Morgan fingerprint density at radius 2 is 2.11 bits per heavy atom. The van der Waals surface area contributed by atoms with Gasteiger partial charge < -0.3 is 10.6 Å². The first-order valence-corrected chi connectivity index (χ1v) is 6.71. The van der Waals surface area contributed by atoms with Crippen LogP contribution in [0, 0.1) is 10.1 Å². The number of non-ortho nitro benzene ring substituents is 1. The Bertz CT molecular complexity index is 443. The van der Waals surface area contributed by atoms with Crippen LogP contribution >= 0.6 is 0 Å². The van der Waals surface area contributed by atoms with Gasteiger partial charge in [0.2, 0.25) is 0 Å². The van der Waals surface area contributed by atoms with Crippen LogP contribution in [0.25, 0.3) is 0 Å². The SMILES string of the molecule is CC1(C)NCCC1NCCc1ccc([N+](=O)[O-])cc1. The first-order valence-electron chi connectivity index (χ1n) is 6.71. The van der Waals surface area contributed by atoms with Gasteiger partial charge in [-0.25, -0.2) is 0 Å². The van der Waals surface area contributed by atoms with Gasteiger partial charge in [-0.05, 0) is 45.3 Å². The number of rotatable bonds is 5. The van der Waals surface area contributed by atoms with Crippen LogP contribution in [0.4, 0.5) is 5.69 Å². The van der Waals surface area contributed by atoms with Crippen LogP contribution in [-0.4, -0.2) is 29.6 Å². The number of nitrogens with one attached hydrogen (secondary N) is 2. The number of hydrogen-bond donors (Lipinski definition) is 2. The summed E-state index contributed by atoms with van der Waals surface area (Å²) in [7, 11) is 0. The summed E-state index contributed by atoms with van der Waals surface area (Å²) in [5.74, 6) is 0. The second-order valence-corrected chi connectivity index (χ2v) is 5.62. The highest BCUT2D eigenvalue weighted by Gasteiger charge is 2.33. The summed E-state index contributed by atoms with van der Waals surface area (Å²) in [4.78, 5) is 10.2. The fourth-order valence-corrected chi connectivity index (χ4v) is 2.56. The molecule has 1 atom stereocenters. The molecule has 0 radical (unpaired) electrons. The molecule has 1 unspecified atom stereocenters. The fourth-order valence-electron chi connectivity index (χ4n) is 2.56. The molecule has 0 spiro atoms. The summed E-state index contributed by atoms with van der Waals surface area (Å²) < 4.78 is 0. The van der Waals surface area contributed by atoms with Gasteiger partial charge in [-0.3, -0.25) is 10.1 Å². The summed E-state index contributed by atoms with van der Waals surface area (Å²) in [6, 6.07) is 7.29. The maximum absolute atomic E-state index is 10.6. The summed E-state index contributed by atoms with van der Waals surface area (Å²) in [6.45, 7) is 6.38.